The van der Waals surface area contributed by atoms with E-state index in [0.717, 1.165) is 0 Å². The molecular weight excluding hydrogens is 388 g/mol. The number of carbonyl (C=O) groups excluding carboxylic acids is 1. The molecule has 0 aliphatic heterocycles. The van der Waals surface area contributed by atoms with Gasteiger partial charge in [-0.15, -0.1) is 0 Å². The number of anilines is 1. The lowest BCUT2D eigenvalue weighted by atomic mass is 9.97. The Kier molecular flexibility index (Phi) is 6.73. The summed E-state index contributed by atoms with van der Waals surface area (Å²) in [6, 6.07) is 12.2. The van der Waals surface area contributed by atoms with Crippen LogP contribution in [0.4, 0.5) is 5.69 Å². The summed E-state index contributed by atoms with van der Waals surface area (Å²) in [5.41, 5.74) is 0.401. The molecule has 0 atom stereocenters. The zero-order chi connectivity index (χ0) is 20.1. The van der Waals surface area contributed by atoms with Gasteiger partial charge in [-0.2, -0.15) is 0 Å². The van der Waals surface area contributed by atoms with Crippen molar-refractivity contribution in [2.75, 3.05) is 17.9 Å². The van der Waals surface area contributed by atoms with Crippen molar-refractivity contribution in [3.63, 3.8) is 0 Å². The summed E-state index contributed by atoms with van der Waals surface area (Å²) in [5.74, 6) is 0.178. The third-order valence-corrected chi connectivity index (χ3v) is 5.07. The van der Waals surface area contributed by atoms with Crippen LogP contribution in [0.5, 0.6) is 5.75 Å². The van der Waals surface area contributed by atoms with E-state index in [1.54, 1.807) is 24.3 Å². The van der Waals surface area contributed by atoms with Gasteiger partial charge in [-0.25, -0.2) is 8.42 Å². The Balaban J connectivity index is 1.93. The molecule has 6 nitrogen and oxygen atoms in total. The molecule has 0 aliphatic rings. The van der Waals surface area contributed by atoms with Gasteiger partial charge in [0.05, 0.1) is 4.90 Å². The van der Waals surface area contributed by atoms with Crippen molar-refractivity contribution in [2.24, 2.45) is 5.41 Å². The van der Waals surface area contributed by atoms with Gasteiger partial charge >= 0.3 is 0 Å². The molecule has 1 amide bonds. The van der Waals surface area contributed by atoms with Gasteiger partial charge in [-0.3, -0.25) is 9.52 Å². The normalized spacial score (nSPS) is 11.7. The van der Waals surface area contributed by atoms with Gasteiger partial charge in [0.2, 0.25) is 0 Å². The first-order valence-electron chi connectivity index (χ1n) is 8.33. The molecule has 2 rings (SSSR count). The van der Waals surface area contributed by atoms with Crippen LogP contribution < -0.4 is 14.8 Å². The smallest absolute Gasteiger partial charge is 0.261 e. The predicted octanol–water partition coefficient (Wildman–Crippen LogP) is 3.68. The molecule has 0 radical (unpaired) electrons. The maximum Gasteiger partial charge on any atom is 0.261 e. The van der Waals surface area contributed by atoms with Crippen LogP contribution >= 0.6 is 11.6 Å². The molecule has 0 bridgehead atoms. The molecule has 8 heteroatoms. The lowest BCUT2D eigenvalue weighted by Gasteiger charge is -2.18. The second-order valence-electron chi connectivity index (χ2n) is 7.21. The van der Waals surface area contributed by atoms with Crippen LogP contribution in [-0.4, -0.2) is 27.5 Å². The molecule has 146 valence electrons. The fourth-order valence-corrected chi connectivity index (χ4v) is 3.20. The summed E-state index contributed by atoms with van der Waals surface area (Å²) in [6.07, 6.45) is 0. The van der Waals surface area contributed by atoms with E-state index in [2.05, 4.69) is 10.0 Å². The number of nitrogens with one attached hydrogen (secondary N) is 2. The predicted molar refractivity (Wildman–Crippen MR) is 107 cm³/mol. The van der Waals surface area contributed by atoms with Crippen molar-refractivity contribution in [1.29, 1.82) is 0 Å². The number of sulfonamides is 1. The maximum atomic E-state index is 12.4. The number of carbonyl (C=O) groups is 1. The number of benzene rings is 2. The third kappa shape index (κ3) is 7.11. The minimum atomic E-state index is -3.73. The van der Waals surface area contributed by atoms with Crippen LogP contribution in [0, 0.1) is 5.41 Å². The molecule has 0 aliphatic carbocycles. The quantitative estimate of drug-likeness (QED) is 0.729. The number of rotatable bonds is 7. The average molecular weight is 411 g/mol. The summed E-state index contributed by atoms with van der Waals surface area (Å²) in [4.78, 5) is 11.9. The first kappa shape index (κ1) is 21.1. The molecule has 0 spiro atoms. The van der Waals surface area contributed by atoms with E-state index in [-0.39, 0.29) is 22.8 Å². The topological polar surface area (TPSA) is 84.5 Å². The molecule has 0 saturated carbocycles. The van der Waals surface area contributed by atoms with Crippen molar-refractivity contribution in [2.45, 2.75) is 25.7 Å². The Morgan fingerprint density at radius 3 is 2.19 bits per heavy atom. The summed E-state index contributed by atoms with van der Waals surface area (Å²) in [6.45, 7) is 6.47. The minimum Gasteiger partial charge on any atom is -0.484 e. The van der Waals surface area contributed by atoms with Crippen LogP contribution in [0.3, 0.4) is 0 Å². The van der Waals surface area contributed by atoms with Crippen molar-refractivity contribution < 1.29 is 17.9 Å². The Labute approximate surface area is 164 Å². The van der Waals surface area contributed by atoms with Crippen molar-refractivity contribution in [3.05, 3.63) is 53.6 Å². The van der Waals surface area contributed by atoms with E-state index in [4.69, 9.17) is 16.3 Å². The van der Waals surface area contributed by atoms with Crippen molar-refractivity contribution >= 4 is 33.2 Å². The Bertz CT molecular complexity index is 873. The van der Waals surface area contributed by atoms with E-state index in [0.29, 0.717) is 23.0 Å². The average Bonchev–Trinajstić information content (AvgIpc) is 2.60. The van der Waals surface area contributed by atoms with Crippen LogP contribution in [-0.2, 0) is 14.8 Å². The first-order valence-corrected chi connectivity index (χ1v) is 10.2. The highest BCUT2D eigenvalue weighted by molar-refractivity contribution is 7.92. The van der Waals surface area contributed by atoms with E-state index < -0.39 is 10.0 Å². The summed E-state index contributed by atoms with van der Waals surface area (Å²) in [5, 5.41) is 3.30. The molecular formula is C19H23ClN2O4S. The molecule has 0 heterocycles. The van der Waals surface area contributed by atoms with Gasteiger partial charge < -0.3 is 10.1 Å². The lowest BCUT2D eigenvalue weighted by molar-refractivity contribution is -0.123. The van der Waals surface area contributed by atoms with Crippen LogP contribution in [0.15, 0.2) is 53.4 Å². The van der Waals surface area contributed by atoms with Crippen LogP contribution in [0.2, 0.25) is 5.02 Å². The van der Waals surface area contributed by atoms with E-state index in [1.165, 1.54) is 24.3 Å². The number of halogens is 1. The van der Waals surface area contributed by atoms with Crippen molar-refractivity contribution in [3.8, 4) is 5.75 Å². The Morgan fingerprint density at radius 2 is 1.63 bits per heavy atom. The van der Waals surface area contributed by atoms with E-state index in [1.807, 2.05) is 20.8 Å². The Morgan fingerprint density at radius 1 is 1.04 bits per heavy atom. The summed E-state index contributed by atoms with van der Waals surface area (Å²) >= 11 is 5.79. The zero-order valence-electron chi connectivity index (χ0n) is 15.5. The van der Waals surface area contributed by atoms with E-state index in [9.17, 15) is 13.2 Å². The maximum absolute atomic E-state index is 12.4. The molecule has 0 aromatic heterocycles. The molecule has 2 aromatic rings. The standard InChI is InChI=1S/C19H23ClN2O4S/c1-19(2,3)13-21-18(23)12-26-16-8-10-17(11-9-16)27(24,25)22-15-6-4-14(20)5-7-15/h4-11,22H,12-13H2,1-3H3,(H,21,23). The third-order valence-electron chi connectivity index (χ3n) is 3.42. The number of amides is 1. The summed E-state index contributed by atoms with van der Waals surface area (Å²) in [7, 11) is -3.73. The molecule has 0 fully saturated rings. The van der Waals surface area contributed by atoms with Gasteiger partial charge in [0.25, 0.3) is 15.9 Å². The highest BCUT2D eigenvalue weighted by atomic mass is 35.5. The molecule has 2 N–H and O–H groups in total. The van der Waals surface area contributed by atoms with E-state index >= 15 is 0 Å². The van der Waals surface area contributed by atoms with Gasteiger partial charge in [-0.1, -0.05) is 32.4 Å². The first-order chi connectivity index (χ1) is 12.5. The highest BCUT2D eigenvalue weighted by Crippen LogP contribution is 2.20. The highest BCUT2D eigenvalue weighted by Gasteiger charge is 2.15. The molecule has 27 heavy (non-hydrogen) atoms. The lowest BCUT2D eigenvalue weighted by Crippen LogP contribution is -2.35. The molecule has 0 unspecified atom stereocenters. The fraction of sp³-hybridized carbons (Fsp3) is 0.316. The molecule has 0 saturated heterocycles. The fourth-order valence-electron chi connectivity index (χ4n) is 2.01. The molecule has 2 aromatic carbocycles. The van der Waals surface area contributed by atoms with Gasteiger partial charge in [-0.05, 0) is 53.9 Å². The summed E-state index contributed by atoms with van der Waals surface area (Å²) < 4.78 is 32.6. The van der Waals surface area contributed by atoms with Gasteiger partial charge in [0, 0.05) is 17.3 Å². The van der Waals surface area contributed by atoms with Crippen LogP contribution in [0.25, 0.3) is 0 Å². The van der Waals surface area contributed by atoms with Gasteiger partial charge in [0.15, 0.2) is 6.61 Å². The zero-order valence-corrected chi connectivity index (χ0v) is 17.0. The second-order valence-corrected chi connectivity index (χ2v) is 9.33. The number of ether oxygens (including phenoxy) is 1. The SMILES string of the molecule is CC(C)(C)CNC(=O)COc1ccc(S(=O)(=O)Nc2ccc(Cl)cc2)cc1. The van der Waals surface area contributed by atoms with Crippen LogP contribution in [0.1, 0.15) is 20.8 Å². The number of hydrogen-bond donors (Lipinski definition) is 2. The second kappa shape index (κ2) is 8.63. The van der Waals surface area contributed by atoms with Crippen molar-refractivity contribution in [1.82, 2.24) is 5.32 Å². The monoisotopic (exact) mass is 410 g/mol. The van der Waals surface area contributed by atoms with Gasteiger partial charge in [0.1, 0.15) is 5.75 Å². The largest absolute Gasteiger partial charge is 0.484 e. The number of hydrogen-bond acceptors (Lipinski definition) is 4. The Hall–Kier alpha value is -2.25. The minimum absolute atomic E-state index is 0.0112.